The summed E-state index contributed by atoms with van der Waals surface area (Å²) in [6.07, 6.45) is 2.35. The van der Waals surface area contributed by atoms with Gasteiger partial charge < -0.3 is 0 Å². The van der Waals surface area contributed by atoms with E-state index in [0.29, 0.717) is 24.2 Å². The molecule has 0 spiro atoms. The Morgan fingerprint density at radius 3 is 1.04 bits per heavy atom. The third-order valence-corrected chi connectivity index (χ3v) is 12.1. The Morgan fingerprint density at radius 1 is 0.609 bits per heavy atom. The van der Waals surface area contributed by atoms with E-state index in [-0.39, 0.29) is 0 Å². The van der Waals surface area contributed by atoms with Crippen LogP contribution in [0.3, 0.4) is 0 Å². The van der Waals surface area contributed by atoms with Gasteiger partial charge in [-0.3, -0.25) is 0 Å². The predicted molar refractivity (Wildman–Crippen MR) is 101 cm³/mol. The van der Waals surface area contributed by atoms with Crippen molar-refractivity contribution in [3.8, 4) is 0 Å². The summed E-state index contributed by atoms with van der Waals surface area (Å²) in [6.45, 7) is 25.5. The van der Waals surface area contributed by atoms with Crippen LogP contribution in [0.1, 0.15) is 82.1 Å². The molecule has 0 fully saturated rings. The van der Waals surface area contributed by atoms with Crippen molar-refractivity contribution in [3.63, 3.8) is 0 Å². The topological polar surface area (TPSA) is 30.5 Å². The summed E-state index contributed by atoms with van der Waals surface area (Å²) < 4.78 is 13.7. The van der Waals surface area contributed by atoms with Gasteiger partial charge in [-0.1, -0.05) is 0 Å². The molecule has 0 saturated carbocycles. The van der Waals surface area contributed by atoms with Crippen LogP contribution >= 0.6 is 0 Å². The van der Waals surface area contributed by atoms with Gasteiger partial charge in [0.2, 0.25) is 0 Å². The molecule has 0 aromatic rings. The van der Waals surface area contributed by atoms with Crippen LogP contribution in [0.25, 0.3) is 0 Å². The second-order valence-electron chi connectivity index (χ2n) is 7.72. The molecule has 0 heterocycles. The van der Waals surface area contributed by atoms with Crippen molar-refractivity contribution in [1.82, 2.24) is 14.4 Å². The molecule has 0 amide bonds. The first-order valence-electron chi connectivity index (χ1n) is 9.72. The van der Waals surface area contributed by atoms with Crippen LogP contribution in [-0.4, -0.2) is 44.0 Å². The van der Waals surface area contributed by atoms with Crippen LogP contribution in [0.5, 0.6) is 0 Å². The molecule has 0 atom stereocenters. The molecular formula is C18H44N4Ti. The number of hydrogen-bond acceptors (Lipinski definition) is 4. The quantitative estimate of drug-likeness (QED) is 0.512. The van der Waals surface area contributed by atoms with Crippen LogP contribution in [-0.2, 0) is 17.6 Å². The molecular weight excluding hydrogens is 320 g/mol. The average Bonchev–Trinajstić information content (AvgIpc) is 2.40. The maximum absolute atomic E-state index is 4.07. The molecule has 140 valence electrons. The molecule has 0 aliphatic rings. The van der Waals surface area contributed by atoms with Gasteiger partial charge in [0.1, 0.15) is 0 Å². The molecule has 0 aromatic carbocycles. The van der Waals surface area contributed by atoms with Crippen molar-refractivity contribution in [2.75, 3.05) is 13.1 Å². The van der Waals surface area contributed by atoms with Crippen LogP contribution in [0.15, 0.2) is 0 Å². The molecule has 23 heavy (non-hydrogen) atoms. The van der Waals surface area contributed by atoms with E-state index in [2.05, 4.69) is 83.6 Å². The van der Waals surface area contributed by atoms with E-state index >= 15 is 0 Å². The van der Waals surface area contributed by atoms with Gasteiger partial charge in [-0.05, 0) is 0 Å². The van der Waals surface area contributed by atoms with Gasteiger partial charge >= 0.3 is 151 Å². The third kappa shape index (κ3) is 6.41. The summed E-state index contributed by atoms with van der Waals surface area (Å²) in [7, 11) is 0. The van der Waals surface area contributed by atoms with Gasteiger partial charge in [0.25, 0.3) is 0 Å². The normalized spacial score (nSPS) is 13.6. The molecule has 5 heteroatoms. The van der Waals surface area contributed by atoms with E-state index in [1.807, 2.05) is 0 Å². The molecule has 0 rings (SSSR count). The molecule has 0 saturated heterocycles. The van der Waals surface area contributed by atoms with E-state index in [4.69, 9.17) is 0 Å². The molecule has 0 unspecified atom stereocenters. The summed E-state index contributed by atoms with van der Waals surface area (Å²) >= 11 is -2.84. The summed E-state index contributed by atoms with van der Waals surface area (Å²) in [4.78, 5) is 0. The van der Waals surface area contributed by atoms with Crippen LogP contribution in [0.2, 0.25) is 0 Å². The zero-order chi connectivity index (χ0) is 18.2. The third-order valence-electron chi connectivity index (χ3n) is 4.22. The van der Waals surface area contributed by atoms with Gasteiger partial charge in [-0.2, -0.15) is 0 Å². The number of nitrogens with one attached hydrogen (secondary N) is 2. The zero-order valence-electron chi connectivity index (χ0n) is 17.5. The van der Waals surface area contributed by atoms with Gasteiger partial charge in [0.15, 0.2) is 0 Å². The molecule has 2 N–H and O–H groups in total. The fraction of sp³-hybridized carbons (Fsp3) is 1.00. The first-order chi connectivity index (χ1) is 10.7. The monoisotopic (exact) mass is 364 g/mol. The fourth-order valence-electron chi connectivity index (χ4n) is 3.85. The minimum absolute atomic E-state index is 0.531. The molecule has 0 aliphatic carbocycles. The summed E-state index contributed by atoms with van der Waals surface area (Å²) in [6, 6.07) is 2.12. The van der Waals surface area contributed by atoms with Gasteiger partial charge in [0, 0.05) is 0 Å². The molecule has 4 nitrogen and oxygen atoms in total. The molecule has 0 aliphatic heterocycles. The van der Waals surface area contributed by atoms with E-state index in [9.17, 15) is 0 Å². The van der Waals surface area contributed by atoms with Crippen LogP contribution in [0, 0.1) is 0 Å². The molecule has 0 radical (unpaired) electrons. The first kappa shape index (κ1) is 23.6. The van der Waals surface area contributed by atoms with Crippen molar-refractivity contribution >= 4 is 0 Å². The van der Waals surface area contributed by atoms with Crippen LogP contribution < -0.4 is 7.60 Å². The zero-order valence-corrected chi connectivity index (χ0v) is 19.1. The number of hydrogen-bond donors (Lipinski definition) is 2. The Kier molecular flexibility index (Phi) is 11.5. The molecule has 0 aromatic heterocycles. The van der Waals surface area contributed by atoms with Crippen LogP contribution in [0.4, 0.5) is 0 Å². The van der Waals surface area contributed by atoms with E-state index in [1.54, 1.807) is 0 Å². The Balaban J connectivity index is 6.09. The number of rotatable bonds is 12. The van der Waals surface area contributed by atoms with Gasteiger partial charge in [-0.15, -0.1) is 0 Å². The standard InChI is InChI=1S/2C6H14N.2C3H8N.Ti/c2*1-5(2)7-6(3)4;2*1-2-3-4;/h2*5-6H,1-4H3;2*4H,2-3H2,1H3;/q4*-1;+4. The van der Waals surface area contributed by atoms with E-state index in [1.165, 1.54) is 12.8 Å². The molecule has 0 bridgehead atoms. The summed E-state index contributed by atoms with van der Waals surface area (Å²) in [5, 5.41) is 0. The first-order valence-corrected chi connectivity index (χ1v) is 12.7. The Labute approximate surface area is 151 Å². The number of nitrogens with zero attached hydrogens (tertiary/aromatic N) is 2. The minimum atomic E-state index is -2.84. The van der Waals surface area contributed by atoms with E-state index in [0.717, 1.165) is 13.1 Å². The van der Waals surface area contributed by atoms with Crippen molar-refractivity contribution in [2.45, 2.75) is 106 Å². The Bertz CT molecular complexity index is 259. The second kappa shape index (κ2) is 11.2. The second-order valence-corrected chi connectivity index (χ2v) is 12.5. The van der Waals surface area contributed by atoms with Gasteiger partial charge in [0.05, 0.1) is 0 Å². The van der Waals surface area contributed by atoms with Crippen molar-refractivity contribution in [3.05, 3.63) is 0 Å². The Morgan fingerprint density at radius 2 is 0.870 bits per heavy atom. The summed E-state index contributed by atoms with van der Waals surface area (Å²) in [5.74, 6) is 0. The Hall–Kier alpha value is 0.554. The van der Waals surface area contributed by atoms with Gasteiger partial charge in [-0.25, -0.2) is 0 Å². The van der Waals surface area contributed by atoms with Crippen molar-refractivity contribution in [1.29, 1.82) is 0 Å². The van der Waals surface area contributed by atoms with Crippen molar-refractivity contribution in [2.24, 2.45) is 0 Å². The van der Waals surface area contributed by atoms with E-state index < -0.39 is 17.6 Å². The average molecular weight is 364 g/mol. The SMILES string of the molecule is CCC[NH][Ti]([NH]CCC)([N](C(C)C)C(C)C)[N](C(C)C)C(C)C. The summed E-state index contributed by atoms with van der Waals surface area (Å²) in [5.41, 5.74) is 0. The fourth-order valence-corrected chi connectivity index (χ4v) is 12.1. The predicted octanol–water partition coefficient (Wildman–Crippen LogP) is 4.04. The maximum atomic E-state index is 4.07. The van der Waals surface area contributed by atoms with Crippen molar-refractivity contribution < 1.29 is 17.6 Å².